The first-order valence-corrected chi connectivity index (χ1v) is 6.03. The minimum atomic E-state index is -1.01. The smallest absolute Gasteiger partial charge is 0.211 e. The highest BCUT2D eigenvalue weighted by atomic mass is 35.5. The molecule has 0 spiro atoms. The summed E-state index contributed by atoms with van der Waals surface area (Å²) in [5.74, 6) is -0.538. The summed E-state index contributed by atoms with van der Waals surface area (Å²) >= 11 is 0. The Morgan fingerprint density at radius 1 is 1.39 bits per heavy atom. The summed E-state index contributed by atoms with van der Waals surface area (Å²) in [5.41, 5.74) is 17.4. The van der Waals surface area contributed by atoms with Gasteiger partial charge in [-0.1, -0.05) is 6.92 Å². The van der Waals surface area contributed by atoms with Crippen molar-refractivity contribution in [2.45, 2.75) is 38.0 Å². The van der Waals surface area contributed by atoms with Gasteiger partial charge in [0, 0.05) is 12.5 Å². The molecule has 0 bridgehead atoms. The topological polar surface area (TPSA) is 118 Å². The van der Waals surface area contributed by atoms with E-state index >= 15 is 0 Å². The molecule has 2 heterocycles. The van der Waals surface area contributed by atoms with Crippen LogP contribution in [0.4, 0.5) is 0 Å². The van der Waals surface area contributed by atoms with E-state index in [4.69, 9.17) is 17.2 Å². The Labute approximate surface area is 113 Å². The highest BCUT2D eigenvalue weighted by molar-refractivity contribution is 5.98. The number of nitrogens with zero attached hydrogens (tertiary/aromatic N) is 3. The number of likely N-dealkylation sites (tertiary alicyclic amines) is 1. The molecular formula is C10H22ClN7. The van der Waals surface area contributed by atoms with E-state index < -0.39 is 5.79 Å². The van der Waals surface area contributed by atoms with Gasteiger partial charge >= 0.3 is 0 Å². The van der Waals surface area contributed by atoms with Crippen LogP contribution in [-0.2, 0) is 0 Å². The van der Waals surface area contributed by atoms with E-state index in [2.05, 4.69) is 27.1 Å². The molecule has 2 aliphatic rings. The van der Waals surface area contributed by atoms with E-state index in [0.29, 0.717) is 12.5 Å². The molecule has 18 heavy (non-hydrogen) atoms. The first-order chi connectivity index (χ1) is 8.02. The molecule has 104 valence electrons. The van der Waals surface area contributed by atoms with Gasteiger partial charge in [0.2, 0.25) is 5.79 Å². The second kappa shape index (κ2) is 5.73. The number of rotatable bonds is 3. The van der Waals surface area contributed by atoms with E-state index in [1.807, 2.05) is 0 Å². The Hall–Kier alpha value is -1.05. The van der Waals surface area contributed by atoms with Crippen molar-refractivity contribution in [2.24, 2.45) is 27.2 Å². The van der Waals surface area contributed by atoms with Crippen molar-refractivity contribution in [3.63, 3.8) is 0 Å². The van der Waals surface area contributed by atoms with Gasteiger partial charge in [0.05, 0.1) is 0 Å². The van der Waals surface area contributed by atoms with Crippen LogP contribution in [0.5, 0.6) is 0 Å². The summed E-state index contributed by atoms with van der Waals surface area (Å²) in [5, 5.41) is 2.65. The lowest BCUT2D eigenvalue weighted by Gasteiger charge is -2.31. The molecule has 2 rings (SSSR count). The first kappa shape index (κ1) is 15.0. The van der Waals surface area contributed by atoms with Crippen molar-refractivity contribution >= 4 is 24.3 Å². The average Bonchev–Trinajstić information content (AvgIpc) is 2.61. The highest BCUT2D eigenvalue weighted by Crippen LogP contribution is 2.26. The lowest BCUT2D eigenvalue weighted by molar-refractivity contribution is 0.217. The maximum atomic E-state index is 6.13. The average molecular weight is 276 g/mol. The van der Waals surface area contributed by atoms with Crippen molar-refractivity contribution in [2.75, 3.05) is 13.1 Å². The second-order valence-electron chi connectivity index (χ2n) is 4.63. The zero-order chi connectivity index (χ0) is 12.5. The number of hydrogen-bond donors (Lipinski definition) is 4. The number of halogens is 1. The summed E-state index contributed by atoms with van der Waals surface area (Å²) in [6.45, 7) is 4.30. The van der Waals surface area contributed by atoms with Crippen LogP contribution in [0, 0.1) is 0 Å². The Kier molecular flexibility index (Phi) is 4.78. The Morgan fingerprint density at radius 3 is 2.56 bits per heavy atom. The maximum Gasteiger partial charge on any atom is 0.211 e. The molecule has 0 radical (unpaired) electrons. The monoisotopic (exact) mass is 275 g/mol. The number of hydrogen-bond acceptors (Lipinski definition) is 7. The van der Waals surface area contributed by atoms with Gasteiger partial charge < -0.3 is 16.4 Å². The summed E-state index contributed by atoms with van der Waals surface area (Å²) in [4.78, 5) is 10.7. The molecule has 1 saturated heterocycles. The van der Waals surface area contributed by atoms with Crippen LogP contribution in [0.15, 0.2) is 9.98 Å². The lowest BCUT2D eigenvalue weighted by Crippen LogP contribution is -2.54. The molecule has 1 fully saturated rings. The van der Waals surface area contributed by atoms with Gasteiger partial charge in [0.15, 0.2) is 11.9 Å². The Bertz CT molecular complexity index is 336. The zero-order valence-electron chi connectivity index (χ0n) is 10.6. The second-order valence-corrected chi connectivity index (χ2v) is 4.63. The van der Waals surface area contributed by atoms with E-state index in [9.17, 15) is 0 Å². The van der Waals surface area contributed by atoms with E-state index in [1.54, 1.807) is 0 Å². The predicted molar refractivity (Wildman–Crippen MR) is 75.4 cm³/mol. The number of aliphatic imine (C=N–C) groups is 2. The summed E-state index contributed by atoms with van der Waals surface area (Å²) in [6, 6.07) is 0.413. The molecule has 0 aliphatic carbocycles. The van der Waals surface area contributed by atoms with Crippen LogP contribution in [-0.4, -0.2) is 41.7 Å². The van der Waals surface area contributed by atoms with Crippen LogP contribution in [0.2, 0.25) is 0 Å². The van der Waals surface area contributed by atoms with Gasteiger partial charge in [0.25, 0.3) is 0 Å². The fraction of sp³-hybridized carbons (Fsp3) is 0.800. The molecule has 7 nitrogen and oxygen atoms in total. The molecule has 0 saturated carbocycles. The molecule has 7 N–H and O–H groups in total. The third kappa shape index (κ3) is 3.24. The largest absolute Gasteiger partial charge is 0.370 e. The molecule has 1 atom stereocenters. The van der Waals surface area contributed by atoms with Crippen molar-refractivity contribution < 1.29 is 0 Å². The molecule has 0 aromatic carbocycles. The fourth-order valence-electron chi connectivity index (χ4n) is 2.61. The zero-order valence-corrected chi connectivity index (χ0v) is 11.4. The van der Waals surface area contributed by atoms with E-state index in [-0.39, 0.29) is 24.3 Å². The van der Waals surface area contributed by atoms with Crippen LogP contribution >= 0.6 is 12.4 Å². The molecular weight excluding hydrogens is 254 g/mol. The Morgan fingerprint density at radius 2 is 2.00 bits per heavy atom. The molecule has 0 amide bonds. The van der Waals surface area contributed by atoms with Crippen LogP contribution < -0.4 is 22.5 Å². The summed E-state index contributed by atoms with van der Waals surface area (Å²) < 4.78 is 0. The van der Waals surface area contributed by atoms with Crippen molar-refractivity contribution in [1.82, 2.24) is 10.2 Å². The molecule has 0 aromatic heterocycles. The minimum Gasteiger partial charge on any atom is -0.370 e. The number of nitrogens with two attached hydrogens (primary N) is 3. The molecule has 8 heteroatoms. The predicted octanol–water partition coefficient (Wildman–Crippen LogP) is -0.872. The van der Waals surface area contributed by atoms with Crippen molar-refractivity contribution in [3.05, 3.63) is 0 Å². The van der Waals surface area contributed by atoms with Crippen LogP contribution in [0.25, 0.3) is 0 Å². The quantitative estimate of drug-likeness (QED) is 0.534. The van der Waals surface area contributed by atoms with Crippen LogP contribution in [0.3, 0.4) is 0 Å². The molecule has 0 aromatic rings. The van der Waals surface area contributed by atoms with Gasteiger partial charge in [-0.05, 0) is 25.9 Å². The van der Waals surface area contributed by atoms with Gasteiger partial charge in [-0.2, -0.15) is 0 Å². The van der Waals surface area contributed by atoms with Crippen molar-refractivity contribution in [3.8, 4) is 0 Å². The SMILES string of the molecule is CCN1CCCC1CC1(N)N=C(N)NC(N)=N1.Cl. The molecule has 1 unspecified atom stereocenters. The number of guanidine groups is 2. The van der Waals surface area contributed by atoms with Crippen molar-refractivity contribution in [1.29, 1.82) is 0 Å². The van der Waals surface area contributed by atoms with E-state index in [0.717, 1.165) is 19.5 Å². The van der Waals surface area contributed by atoms with Crippen LogP contribution in [0.1, 0.15) is 26.2 Å². The maximum absolute atomic E-state index is 6.13. The third-order valence-electron chi connectivity index (χ3n) is 3.33. The van der Waals surface area contributed by atoms with E-state index in [1.165, 1.54) is 6.42 Å². The van der Waals surface area contributed by atoms with Gasteiger partial charge in [-0.15, -0.1) is 12.4 Å². The highest BCUT2D eigenvalue weighted by Gasteiger charge is 2.35. The normalized spacial score (nSPS) is 26.9. The first-order valence-electron chi connectivity index (χ1n) is 6.03. The van der Waals surface area contributed by atoms with Gasteiger partial charge in [0.1, 0.15) is 0 Å². The molecule has 2 aliphatic heterocycles. The summed E-state index contributed by atoms with van der Waals surface area (Å²) in [6.07, 6.45) is 2.99. The third-order valence-corrected chi connectivity index (χ3v) is 3.33. The lowest BCUT2D eigenvalue weighted by atomic mass is 10.1. The standard InChI is InChI=1S/C10H21N7.ClH/c1-2-17-5-3-4-7(17)6-10(13)15-8(11)14-9(12)16-10;/h7H,2-6,13H2,1H3,(H5,11,12,14,15,16);1H. The Balaban J connectivity index is 0.00000162. The summed E-state index contributed by atoms with van der Waals surface area (Å²) in [7, 11) is 0. The minimum absolute atomic E-state index is 0. The fourth-order valence-corrected chi connectivity index (χ4v) is 2.61. The van der Waals surface area contributed by atoms with Gasteiger partial charge in [-0.3, -0.25) is 11.1 Å². The number of nitrogens with one attached hydrogen (secondary N) is 1. The van der Waals surface area contributed by atoms with Gasteiger partial charge in [-0.25, -0.2) is 9.98 Å².